The van der Waals surface area contributed by atoms with Crippen LogP contribution in [0.5, 0.6) is 0 Å². The van der Waals surface area contributed by atoms with Crippen molar-refractivity contribution in [1.29, 1.82) is 0 Å². The molecule has 2 aromatic rings. The molecule has 2 heterocycles. The maximum Gasteiger partial charge on any atom is 0.417 e. The fourth-order valence-electron chi connectivity index (χ4n) is 2.61. The van der Waals surface area contributed by atoms with Crippen LogP contribution in [-0.2, 0) is 6.18 Å². The van der Waals surface area contributed by atoms with Gasteiger partial charge >= 0.3 is 6.18 Å². The van der Waals surface area contributed by atoms with Crippen molar-refractivity contribution in [3.63, 3.8) is 0 Å². The van der Waals surface area contributed by atoms with Crippen LogP contribution < -0.4 is 10.6 Å². The zero-order valence-electron chi connectivity index (χ0n) is 11.9. The van der Waals surface area contributed by atoms with Gasteiger partial charge in [-0.3, -0.25) is 9.48 Å². The van der Waals surface area contributed by atoms with Gasteiger partial charge in [0.15, 0.2) is 0 Å². The molecule has 122 valence electrons. The van der Waals surface area contributed by atoms with Gasteiger partial charge in [0, 0.05) is 12.2 Å². The van der Waals surface area contributed by atoms with Crippen molar-refractivity contribution in [3.8, 4) is 0 Å². The molecule has 0 saturated carbocycles. The molecule has 0 fully saturated rings. The van der Waals surface area contributed by atoms with Crippen molar-refractivity contribution in [3.05, 3.63) is 40.7 Å². The van der Waals surface area contributed by atoms with E-state index in [2.05, 4.69) is 5.10 Å². The number of nitrogen functional groups attached to an aromatic ring is 1. The van der Waals surface area contributed by atoms with Crippen LogP contribution in [0.4, 0.5) is 24.5 Å². The number of benzene rings is 1. The monoisotopic (exact) mass is 344 g/mol. The van der Waals surface area contributed by atoms with Gasteiger partial charge in [0.05, 0.1) is 28.5 Å². The number of anilines is 2. The second-order valence-electron chi connectivity index (χ2n) is 5.32. The first kappa shape index (κ1) is 15.7. The lowest BCUT2D eigenvalue weighted by Gasteiger charge is -2.32. The molecule has 0 spiro atoms. The molecule has 1 amide bonds. The molecule has 0 aliphatic carbocycles. The summed E-state index contributed by atoms with van der Waals surface area (Å²) in [6.45, 7) is 2.09. The zero-order valence-corrected chi connectivity index (χ0v) is 12.7. The van der Waals surface area contributed by atoms with Gasteiger partial charge in [-0.05, 0) is 25.1 Å². The number of halogens is 4. The van der Waals surface area contributed by atoms with Gasteiger partial charge in [-0.2, -0.15) is 18.3 Å². The Hall–Kier alpha value is -2.22. The Bertz CT molecular complexity index is 787. The summed E-state index contributed by atoms with van der Waals surface area (Å²) in [6, 6.07) is 3.06. The third-order valence-electron chi connectivity index (χ3n) is 3.71. The fraction of sp³-hybridized carbons (Fsp3) is 0.286. The topological polar surface area (TPSA) is 64.2 Å². The van der Waals surface area contributed by atoms with Crippen LogP contribution >= 0.6 is 11.6 Å². The van der Waals surface area contributed by atoms with Crippen molar-refractivity contribution in [2.75, 3.05) is 17.2 Å². The molecule has 3 rings (SSSR count). The summed E-state index contributed by atoms with van der Waals surface area (Å²) < 4.78 is 39.8. The van der Waals surface area contributed by atoms with Gasteiger partial charge in [-0.15, -0.1) is 0 Å². The lowest BCUT2D eigenvalue weighted by Crippen LogP contribution is -2.43. The molecule has 1 aliphatic heterocycles. The number of alkyl halides is 3. The van der Waals surface area contributed by atoms with Crippen LogP contribution in [0.25, 0.3) is 0 Å². The summed E-state index contributed by atoms with van der Waals surface area (Å²) >= 11 is 5.73. The molecular weight excluding hydrogens is 333 g/mol. The minimum atomic E-state index is -4.54. The van der Waals surface area contributed by atoms with E-state index in [1.54, 1.807) is 0 Å². The minimum absolute atomic E-state index is 0.166. The van der Waals surface area contributed by atoms with Crippen molar-refractivity contribution in [2.45, 2.75) is 19.1 Å². The molecule has 0 bridgehead atoms. The molecule has 1 aromatic carbocycles. The lowest BCUT2D eigenvalue weighted by molar-refractivity contribution is -0.137. The third kappa shape index (κ3) is 2.52. The van der Waals surface area contributed by atoms with E-state index in [0.29, 0.717) is 0 Å². The fourth-order valence-corrected chi connectivity index (χ4v) is 2.89. The molecule has 9 heteroatoms. The first-order chi connectivity index (χ1) is 10.7. The molecule has 2 N–H and O–H groups in total. The van der Waals surface area contributed by atoms with Crippen LogP contribution in [0, 0.1) is 0 Å². The Balaban J connectivity index is 2.02. The van der Waals surface area contributed by atoms with Crippen LogP contribution in [-0.4, -0.2) is 22.2 Å². The van der Waals surface area contributed by atoms with Crippen molar-refractivity contribution >= 4 is 28.9 Å². The average molecular weight is 345 g/mol. The van der Waals surface area contributed by atoms with Crippen LogP contribution in [0.2, 0.25) is 5.02 Å². The van der Waals surface area contributed by atoms with Crippen LogP contribution in [0.15, 0.2) is 24.4 Å². The predicted molar refractivity (Wildman–Crippen MR) is 79.5 cm³/mol. The lowest BCUT2D eigenvalue weighted by atomic mass is 10.1. The second kappa shape index (κ2) is 5.16. The summed E-state index contributed by atoms with van der Waals surface area (Å²) in [4.78, 5) is 13.9. The summed E-state index contributed by atoms with van der Waals surface area (Å²) in [6.07, 6.45) is -3.16. The van der Waals surface area contributed by atoms with Gasteiger partial charge in [-0.25, -0.2) is 0 Å². The largest absolute Gasteiger partial charge is 0.417 e. The van der Waals surface area contributed by atoms with E-state index in [1.165, 1.54) is 21.8 Å². The molecule has 23 heavy (non-hydrogen) atoms. The first-order valence-corrected chi connectivity index (χ1v) is 7.09. The summed E-state index contributed by atoms with van der Waals surface area (Å²) in [5.74, 6) is -0.422. The van der Waals surface area contributed by atoms with Gasteiger partial charge in [-0.1, -0.05) is 11.6 Å². The molecule has 1 aliphatic rings. The number of aromatic nitrogens is 2. The Morgan fingerprint density at radius 3 is 2.70 bits per heavy atom. The third-order valence-corrected chi connectivity index (χ3v) is 4.02. The molecule has 1 aromatic heterocycles. The van der Waals surface area contributed by atoms with Crippen molar-refractivity contribution in [2.24, 2.45) is 0 Å². The molecule has 1 atom stereocenters. The normalized spacial score (nSPS) is 18.2. The summed E-state index contributed by atoms with van der Waals surface area (Å²) in [7, 11) is 0. The minimum Gasteiger partial charge on any atom is -0.396 e. The van der Waals surface area contributed by atoms with E-state index in [9.17, 15) is 18.0 Å². The molecular formula is C14H12ClF3N4O. The van der Waals surface area contributed by atoms with E-state index >= 15 is 0 Å². The average Bonchev–Trinajstić information content (AvgIpc) is 2.84. The highest BCUT2D eigenvalue weighted by Crippen LogP contribution is 2.37. The maximum atomic E-state index is 12.8. The second-order valence-corrected chi connectivity index (χ2v) is 5.73. The number of rotatable bonds is 1. The Morgan fingerprint density at radius 1 is 1.39 bits per heavy atom. The molecule has 0 radical (unpaired) electrons. The summed E-state index contributed by atoms with van der Waals surface area (Å²) in [5, 5.41) is 3.59. The number of amides is 1. The highest BCUT2D eigenvalue weighted by molar-refractivity contribution is 6.31. The van der Waals surface area contributed by atoms with E-state index in [0.717, 1.165) is 12.1 Å². The van der Waals surface area contributed by atoms with Gasteiger partial charge in [0.1, 0.15) is 5.69 Å². The van der Waals surface area contributed by atoms with Gasteiger partial charge in [0.25, 0.3) is 5.91 Å². The Kier molecular flexibility index (Phi) is 3.51. The van der Waals surface area contributed by atoms with Gasteiger partial charge in [0.2, 0.25) is 0 Å². The maximum absolute atomic E-state index is 12.8. The van der Waals surface area contributed by atoms with Crippen LogP contribution in [0.3, 0.4) is 0 Å². The number of fused-ring (bicyclic) bond motifs is 1. The predicted octanol–water partition coefficient (Wildman–Crippen LogP) is 3.36. The van der Waals surface area contributed by atoms with Crippen molar-refractivity contribution < 1.29 is 18.0 Å². The van der Waals surface area contributed by atoms with E-state index in [1.807, 2.05) is 6.92 Å². The number of carbonyl (C=O) groups is 1. The number of hydrogen-bond donors (Lipinski definition) is 1. The highest BCUT2D eigenvalue weighted by Gasteiger charge is 2.36. The highest BCUT2D eigenvalue weighted by atomic mass is 35.5. The SMILES string of the molecule is C[C@H]1CN(c2ccc(C(F)(F)F)c(Cl)c2)C(=O)c2c(N)cnn21. The standard InChI is InChI=1S/C14H12ClF3N4O/c1-7-6-21(13(23)12-11(19)5-20-22(7)12)8-2-3-9(10(15)4-8)14(16,17)18/h2-5,7H,6,19H2,1H3/t7-/m0/s1. The number of carbonyl (C=O) groups excluding carboxylic acids is 1. The van der Waals surface area contributed by atoms with Gasteiger partial charge < -0.3 is 10.6 Å². The van der Waals surface area contributed by atoms with Crippen molar-refractivity contribution in [1.82, 2.24) is 9.78 Å². The van der Waals surface area contributed by atoms with Crippen LogP contribution in [0.1, 0.15) is 29.0 Å². The van der Waals surface area contributed by atoms with E-state index in [-0.39, 0.29) is 29.7 Å². The number of hydrogen-bond acceptors (Lipinski definition) is 3. The smallest absolute Gasteiger partial charge is 0.396 e. The number of nitrogens with two attached hydrogens (primary N) is 1. The quantitative estimate of drug-likeness (QED) is 0.862. The molecule has 5 nitrogen and oxygen atoms in total. The number of nitrogens with zero attached hydrogens (tertiary/aromatic N) is 3. The Morgan fingerprint density at radius 2 is 2.09 bits per heavy atom. The zero-order chi connectivity index (χ0) is 16.9. The Labute approximate surface area is 134 Å². The molecule has 0 saturated heterocycles. The van der Waals surface area contributed by atoms with E-state index in [4.69, 9.17) is 17.3 Å². The first-order valence-electron chi connectivity index (χ1n) is 6.71. The van der Waals surface area contributed by atoms with E-state index < -0.39 is 22.7 Å². The molecule has 0 unspecified atom stereocenters. The summed E-state index contributed by atoms with van der Waals surface area (Å²) in [5.41, 5.74) is 5.55.